The molecule has 0 aliphatic carbocycles. The molecule has 30 heavy (non-hydrogen) atoms. The molecule has 0 aromatic heterocycles. The summed E-state index contributed by atoms with van der Waals surface area (Å²) < 4.78 is 26.3. The molecule has 1 aliphatic heterocycles. The van der Waals surface area contributed by atoms with Crippen molar-refractivity contribution in [2.45, 2.75) is 23.8 Å². The van der Waals surface area contributed by atoms with Crippen molar-refractivity contribution < 1.29 is 23.1 Å². The number of benzene rings is 2. The van der Waals surface area contributed by atoms with Crippen LogP contribution in [0.1, 0.15) is 12.8 Å². The van der Waals surface area contributed by atoms with Gasteiger partial charge in [-0.05, 0) is 36.1 Å². The standard InChI is InChI=1S/C20H22N4O5S/c21-20(22)23-12-4-7-16-17(19(26)27)24(18(16)25)30(28,29)15-10-8-14(9-11-15)13-5-2-1-3-6-13/h1-3,5-6,8-11,16-17H,4,7,12H2,(H,26,27)(H4,21,22,23)/t16-,17+/m1/s1. The van der Waals surface area contributed by atoms with Crippen LogP contribution in [0, 0.1) is 5.92 Å². The second-order valence-corrected chi connectivity index (χ2v) is 8.68. The third-order valence-electron chi connectivity index (χ3n) is 4.91. The Kier molecular flexibility index (Phi) is 6.06. The molecule has 3 rings (SSSR count). The smallest absolute Gasteiger partial charge is 0.328 e. The Balaban J connectivity index is 1.78. The minimum absolute atomic E-state index is 0.104. The van der Waals surface area contributed by atoms with Crippen molar-refractivity contribution >= 4 is 27.9 Å². The Morgan fingerprint density at radius 2 is 1.63 bits per heavy atom. The van der Waals surface area contributed by atoms with Crippen LogP contribution in [0.4, 0.5) is 0 Å². The van der Waals surface area contributed by atoms with Crippen LogP contribution in [0.3, 0.4) is 0 Å². The van der Waals surface area contributed by atoms with E-state index in [-0.39, 0.29) is 23.8 Å². The van der Waals surface area contributed by atoms with Crippen LogP contribution in [0.5, 0.6) is 0 Å². The second kappa shape index (κ2) is 8.54. The number of nitrogens with two attached hydrogens (primary N) is 2. The Hall–Kier alpha value is -3.40. The SMILES string of the molecule is NC(N)=NCCC[C@H]1C(=O)N(S(=O)(=O)c2ccc(-c3ccccc3)cc2)[C@@H]1C(=O)O. The molecule has 1 amide bonds. The monoisotopic (exact) mass is 430 g/mol. The first-order chi connectivity index (χ1) is 14.2. The first-order valence-corrected chi connectivity index (χ1v) is 10.7. The van der Waals surface area contributed by atoms with E-state index in [1.807, 2.05) is 30.3 Å². The van der Waals surface area contributed by atoms with Gasteiger partial charge < -0.3 is 16.6 Å². The predicted molar refractivity (Wildman–Crippen MR) is 111 cm³/mol. The number of hydrogen-bond acceptors (Lipinski definition) is 5. The lowest BCUT2D eigenvalue weighted by Gasteiger charge is -2.43. The number of aliphatic imine (C=N–C) groups is 1. The van der Waals surface area contributed by atoms with Crippen LogP contribution in [-0.2, 0) is 19.6 Å². The van der Waals surface area contributed by atoms with E-state index in [4.69, 9.17) is 11.5 Å². The molecular formula is C20H22N4O5S. The first kappa shape index (κ1) is 21.3. The zero-order valence-corrected chi connectivity index (χ0v) is 16.8. The molecular weight excluding hydrogens is 408 g/mol. The minimum Gasteiger partial charge on any atom is -0.480 e. The van der Waals surface area contributed by atoms with E-state index in [9.17, 15) is 23.1 Å². The molecule has 2 aromatic rings. The molecule has 1 saturated heterocycles. The van der Waals surface area contributed by atoms with E-state index in [1.165, 1.54) is 12.1 Å². The summed E-state index contributed by atoms with van der Waals surface area (Å²) in [5, 5.41) is 9.51. The molecule has 5 N–H and O–H groups in total. The van der Waals surface area contributed by atoms with Gasteiger partial charge in [-0.1, -0.05) is 42.5 Å². The maximum atomic E-state index is 12.9. The number of sulfonamides is 1. The Labute approximate surface area is 174 Å². The molecule has 1 heterocycles. The highest BCUT2D eigenvalue weighted by Crippen LogP contribution is 2.36. The average molecular weight is 430 g/mol. The van der Waals surface area contributed by atoms with E-state index in [2.05, 4.69) is 4.99 Å². The Morgan fingerprint density at radius 3 is 2.20 bits per heavy atom. The topological polar surface area (TPSA) is 156 Å². The molecule has 0 saturated carbocycles. The number of amides is 1. The molecule has 1 fully saturated rings. The summed E-state index contributed by atoms with van der Waals surface area (Å²) >= 11 is 0. The van der Waals surface area contributed by atoms with Gasteiger partial charge in [-0.15, -0.1) is 0 Å². The number of carboxylic acid groups (broad SMARTS) is 1. The van der Waals surface area contributed by atoms with Gasteiger partial charge in [-0.2, -0.15) is 0 Å². The number of guanidine groups is 1. The number of β-lactam (4-membered cyclic amide) rings is 1. The number of aliphatic carboxylic acids is 1. The lowest BCUT2D eigenvalue weighted by molar-refractivity contribution is -0.162. The molecule has 0 bridgehead atoms. The fourth-order valence-electron chi connectivity index (χ4n) is 3.42. The van der Waals surface area contributed by atoms with E-state index in [0.29, 0.717) is 10.7 Å². The lowest BCUT2D eigenvalue weighted by atomic mass is 9.86. The average Bonchev–Trinajstić information content (AvgIpc) is 2.71. The number of rotatable bonds is 8. The van der Waals surface area contributed by atoms with Gasteiger partial charge in [0, 0.05) is 6.54 Å². The second-order valence-electron chi connectivity index (χ2n) is 6.87. The van der Waals surface area contributed by atoms with Gasteiger partial charge >= 0.3 is 5.97 Å². The molecule has 0 unspecified atom stereocenters. The predicted octanol–water partition coefficient (Wildman–Crippen LogP) is 1.01. The van der Waals surface area contributed by atoms with Crippen molar-refractivity contribution in [1.82, 2.24) is 4.31 Å². The lowest BCUT2D eigenvalue weighted by Crippen LogP contribution is -2.65. The zero-order valence-electron chi connectivity index (χ0n) is 16.0. The highest BCUT2D eigenvalue weighted by Gasteiger charge is 2.56. The Morgan fingerprint density at radius 1 is 1.03 bits per heavy atom. The largest absolute Gasteiger partial charge is 0.480 e. The van der Waals surface area contributed by atoms with E-state index in [1.54, 1.807) is 12.1 Å². The van der Waals surface area contributed by atoms with E-state index < -0.39 is 33.9 Å². The van der Waals surface area contributed by atoms with Crippen LogP contribution < -0.4 is 11.5 Å². The van der Waals surface area contributed by atoms with Gasteiger partial charge in [-0.3, -0.25) is 9.79 Å². The quantitative estimate of drug-likeness (QED) is 0.244. The number of carbonyl (C=O) groups excluding carboxylic acids is 1. The van der Waals surface area contributed by atoms with Gasteiger partial charge in [0.05, 0.1) is 10.8 Å². The van der Waals surface area contributed by atoms with Crippen molar-refractivity contribution in [2.24, 2.45) is 22.4 Å². The molecule has 2 aromatic carbocycles. The van der Waals surface area contributed by atoms with Gasteiger partial charge in [0.1, 0.15) is 0 Å². The fraction of sp³-hybridized carbons (Fsp3) is 0.250. The number of nitrogens with zero attached hydrogens (tertiary/aromatic N) is 2. The molecule has 10 heteroatoms. The number of carbonyl (C=O) groups is 2. The summed E-state index contributed by atoms with van der Waals surface area (Å²) in [6, 6.07) is 13.9. The number of carboxylic acids is 1. The molecule has 9 nitrogen and oxygen atoms in total. The van der Waals surface area contributed by atoms with Crippen molar-refractivity contribution in [2.75, 3.05) is 6.54 Å². The molecule has 158 valence electrons. The highest BCUT2D eigenvalue weighted by molar-refractivity contribution is 7.89. The molecule has 1 aliphatic rings. The summed E-state index contributed by atoms with van der Waals surface area (Å²) in [7, 11) is -4.29. The molecule has 0 spiro atoms. The van der Waals surface area contributed by atoms with Crippen LogP contribution in [0.15, 0.2) is 64.5 Å². The third kappa shape index (κ3) is 4.13. The van der Waals surface area contributed by atoms with Crippen LogP contribution in [0.25, 0.3) is 11.1 Å². The van der Waals surface area contributed by atoms with Crippen LogP contribution in [-0.4, -0.2) is 48.3 Å². The minimum atomic E-state index is -4.29. The number of hydrogen-bond donors (Lipinski definition) is 3. The van der Waals surface area contributed by atoms with Crippen molar-refractivity contribution in [3.8, 4) is 11.1 Å². The Bertz CT molecular complexity index is 1060. The zero-order chi connectivity index (χ0) is 21.9. The summed E-state index contributed by atoms with van der Waals surface area (Å²) in [4.78, 5) is 27.8. The fourth-order valence-corrected chi connectivity index (χ4v) is 5.04. The maximum absolute atomic E-state index is 12.9. The van der Waals surface area contributed by atoms with Crippen LogP contribution in [0.2, 0.25) is 0 Å². The molecule has 2 atom stereocenters. The summed E-state index contributed by atoms with van der Waals surface area (Å²) in [5.41, 5.74) is 12.2. The normalized spacial score (nSPS) is 18.5. The van der Waals surface area contributed by atoms with Crippen LogP contribution >= 0.6 is 0 Å². The van der Waals surface area contributed by atoms with E-state index >= 15 is 0 Å². The van der Waals surface area contributed by atoms with Crippen molar-refractivity contribution in [3.63, 3.8) is 0 Å². The summed E-state index contributed by atoms with van der Waals surface area (Å²) in [5.74, 6) is -3.15. The van der Waals surface area contributed by atoms with Gasteiger partial charge in [0.15, 0.2) is 12.0 Å². The highest BCUT2D eigenvalue weighted by atomic mass is 32.2. The van der Waals surface area contributed by atoms with Crippen molar-refractivity contribution in [3.05, 3.63) is 54.6 Å². The van der Waals surface area contributed by atoms with Gasteiger partial charge in [0.2, 0.25) is 5.91 Å². The maximum Gasteiger partial charge on any atom is 0.328 e. The summed E-state index contributed by atoms with van der Waals surface area (Å²) in [6.45, 7) is 0.228. The third-order valence-corrected chi connectivity index (χ3v) is 6.70. The summed E-state index contributed by atoms with van der Waals surface area (Å²) in [6.07, 6.45) is 0.531. The van der Waals surface area contributed by atoms with E-state index in [0.717, 1.165) is 11.1 Å². The van der Waals surface area contributed by atoms with Gasteiger partial charge in [0.25, 0.3) is 10.0 Å². The molecule has 0 radical (unpaired) electrons. The van der Waals surface area contributed by atoms with Crippen molar-refractivity contribution in [1.29, 1.82) is 0 Å². The van der Waals surface area contributed by atoms with Gasteiger partial charge in [-0.25, -0.2) is 17.5 Å². The first-order valence-electron chi connectivity index (χ1n) is 9.25.